The van der Waals surface area contributed by atoms with E-state index >= 15 is 0 Å². The topological polar surface area (TPSA) is 90.2 Å². The van der Waals surface area contributed by atoms with E-state index in [4.69, 9.17) is 15.2 Å². The molecule has 0 fully saturated rings. The Morgan fingerprint density at radius 3 is 2.48 bits per heavy atom. The predicted octanol–water partition coefficient (Wildman–Crippen LogP) is 1.65. The number of nitrogens with one attached hydrogen (secondary N) is 1. The standard InChI is InChI=1S/C15H19N3O3/c1-15(2,16)11-8-12(17-18-14(11)19)10-6-5-9(20-3)7-13(10)21-4/h5-8H,16H2,1-4H3,(H,18,19). The molecule has 21 heavy (non-hydrogen) atoms. The highest BCUT2D eigenvalue weighted by atomic mass is 16.5. The lowest BCUT2D eigenvalue weighted by molar-refractivity contribution is 0.395. The van der Waals surface area contributed by atoms with Crippen molar-refractivity contribution in [3.8, 4) is 22.8 Å². The second-order valence-corrected chi connectivity index (χ2v) is 5.28. The van der Waals surface area contributed by atoms with Crippen LogP contribution < -0.4 is 20.8 Å². The number of nitrogens with zero attached hydrogens (tertiary/aromatic N) is 1. The van der Waals surface area contributed by atoms with Crippen molar-refractivity contribution in [2.24, 2.45) is 5.73 Å². The molecule has 6 heteroatoms. The van der Waals surface area contributed by atoms with Crippen LogP contribution in [0.5, 0.6) is 11.5 Å². The van der Waals surface area contributed by atoms with Gasteiger partial charge >= 0.3 is 0 Å². The molecule has 0 atom stereocenters. The Morgan fingerprint density at radius 2 is 1.90 bits per heavy atom. The number of aromatic nitrogens is 2. The monoisotopic (exact) mass is 289 g/mol. The number of aromatic amines is 1. The molecule has 0 aliphatic heterocycles. The van der Waals surface area contributed by atoms with Crippen LogP contribution in [0.2, 0.25) is 0 Å². The van der Waals surface area contributed by atoms with Gasteiger partial charge in [0, 0.05) is 22.7 Å². The number of hydrogen-bond donors (Lipinski definition) is 2. The molecule has 0 amide bonds. The van der Waals surface area contributed by atoms with Crippen LogP contribution in [0.25, 0.3) is 11.3 Å². The van der Waals surface area contributed by atoms with Crippen LogP contribution >= 0.6 is 0 Å². The summed E-state index contributed by atoms with van der Waals surface area (Å²) in [5, 5.41) is 6.55. The van der Waals surface area contributed by atoms with Crippen molar-refractivity contribution in [3.63, 3.8) is 0 Å². The third kappa shape index (κ3) is 3.05. The maximum Gasteiger partial charge on any atom is 0.269 e. The number of nitrogens with two attached hydrogens (primary N) is 1. The summed E-state index contributed by atoms with van der Waals surface area (Å²) in [5.41, 5.74) is 6.77. The summed E-state index contributed by atoms with van der Waals surface area (Å²) >= 11 is 0. The van der Waals surface area contributed by atoms with Gasteiger partial charge < -0.3 is 15.2 Å². The van der Waals surface area contributed by atoms with Crippen LogP contribution in [0.3, 0.4) is 0 Å². The second kappa shape index (κ2) is 5.57. The van der Waals surface area contributed by atoms with Gasteiger partial charge in [0.2, 0.25) is 0 Å². The molecular formula is C15H19N3O3. The third-order valence-corrected chi connectivity index (χ3v) is 3.18. The van der Waals surface area contributed by atoms with Crippen molar-refractivity contribution in [1.82, 2.24) is 10.2 Å². The SMILES string of the molecule is COc1ccc(-c2cc(C(C)(C)N)c(=O)[nH]n2)c(OC)c1. The third-order valence-electron chi connectivity index (χ3n) is 3.18. The molecule has 0 aliphatic carbocycles. The number of rotatable bonds is 4. The van der Waals surface area contributed by atoms with Gasteiger partial charge in [0.1, 0.15) is 11.5 Å². The Morgan fingerprint density at radius 1 is 1.19 bits per heavy atom. The quantitative estimate of drug-likeness (QED) is 0.893. The van der Waals surface area contributed by atoms with Gasteiger partial charge in [-0.05, 0) is 32.0 Å². The number of benzene rings is 1. The number of H-pyrrole nitrogens is 1. The van der Waals surface area contributed by atoms with Crippen LogP contribution in [0.1, 0.15) is 19.4 Å². The van der Waals surface area contributed by atoms with E-state index in [1.165, 1.54) is 0 Å². The van der Waals surface area contributed by atoms with Crippen molar-refractivity contribution in [1.29, 1.82) is 0 Å². The summed E-state index contributed by atoms with van der Waals surface area (Å²) < 4.78 is 10.5. The van der Waals surface area contributed by atoms with Gasteiger partial charge in [0.25, 0.3) is 5.56 Å². The summed E-state index contributed by atoms with van der Waals surface area (Å²) in [6, 6.07) is 7.07. The van der Waals surface area contributed by atoms with Crippen molar-refractivity contribution in [3.05, 3.63) is 40.2 Å². The number of hydrogen-bond acceptors (Lipinski definition) is 5. The first-order valence-electron chi connectivity index (χ1n) is 6.48. The van der Waals surface area contributed by atoms with Crippen molar-refractivity contribution >= 4 is 0 Å². The predicted molar refractivity (Wildman–Crippen MR) is 80.6 cm³/mol. The van der Waals surface area contributed by atoms with Gasteiger partial charge in [-0.1, -0.05) is 0 Å². The fourth-order valence-electron chi connectivity index (χ4n) is 2.03. The van der Waals surface area contributed by atoms with Crippen molar-refractivity contribution in [2.45, 2.75) is 19.4 Å². The molecule has 0 spiro atoms. The van der Waals surface area contributed by atoms with Gasteiger partial charge in [0.15, 0.2) is 0 Å². The Hall–Kier alpha value is -2.34. The van der Waals surface area contributed by atoms with Crippen molar-refractivity contribution < 1.29 is 9.47 Å². The molecule has 112 valence electrons. The Balaban J connectivity index is 2.60. The summed E-state index contributed by atoms with van der Waals surface area (Å²) in [4.78, 5) is 11.9. The summed E-state index contributed by atoms with van der Waals surface area (Å²) in [7, 11) is 3.15. The zero-order chi connectivity index (χ0) is 15.6. The molecule has 3 N–H and O–H groups in total. The molecule has 0 saturated heterocycles. The lowest BCUT2D eigenvalue weighted by atomic mass is 9.96. The van der Waals surface area contributed by atoms with E-state index in [0.717, 1.165) is 5.56 Å². The highest BCUT2D eigenvalue weighted by Gasteiger charge is 2.20. The smallest absolute Gasteiger partial charge is 0.269 e. The molecule has 0 saturated carbocycles. The molecule has 1 aromatic heterocycles. The van der Waals surface area contributed by atoms with E-state index in [1.54, 1.807) is 46.3 Å². The molecule has 1 heterocycles. The van der Waals surface area contributed by atoms with E-state index in [-0.39, 0.29) is 5.56 Å². The van der Waals surface area contributed by atoms with E-state index in [2.05, 4.69) is 10.2 Å². The molecular weight excluding hydrogens is 270 g/mol. The fraction of sp³-hybridized carbons (Fsp3) is 0.333. The molecule has 2 rings (SSSR count). The first-order chi connectivity index (χ1) is 9.86. The Kier molecular flexibility index (Phi) is 3.99. The summed E-state index contributed by atoms with van der Waals surface area (Å²) in [5.74, 6) is 1.29. The van der Waals surface area contributed by atoms with Crippen LogP contribution in [0, 0.1) is 0 Å². The number of ether oxygens (including phenoxy) is 2. The minimum atomic E-state index is -0.759. The Labute approximate surface area is 122 Å². The Bertz CT molecular complexity index is 702. The first kappa shape index (κ1) is 15.1. The van der Waals surface area contributed by atoms with Gasteiger partial charge in [0.05, 0.1) is 19.9 Å². The largest absolute Gasteiger partial charge is 0.497 e. The highest BCUT2D eigenvalue weighted by molar-refractivity contribution is 5.68. The lowest BCUT2D eigenvalue weighted by Gasteiger charge is -2.18. The molecule has 2 aromatic rings. The van der Waals surface area contributed by atoms with Crippen molar-refractivity contribution in [2.75, 3.05) is 14.2 Å². The minimum Gasteiger partial charge on any atom is -0.497 e. The van der Waals surface area contributed by atoms with E-state index in [0.29, 0.717) is 22.8 Å². The van der Waals surface area contributed by atoms with E-state index < -0.39 is 5.54 Å². The van der Waals surface area contributed by atoms with E-state index in [1.807, 2.05) is 6.07 Å². The van der Waals surface area contributed by atoms with Gasteiger partial charge in [-0.3, -0.25) is 4.79 Å². The van der Waals surface area contributed by atoms with Crippen LogP contribution in [-0.2, 0) is 5.54 Å². The van der Waals surface area contributed by atoms with Crippen LogP contribution in [0.15, 0.2) is 29.1 Å². The first-order valence-corrected chi connectivity index (χ1v) is 6.48. The second-order valence-electron chi connectivity index (χ2n) is 5.28. The summed E-state index contributed by atoms with van der Waals surface area (Å²) in [6.45, 7) is 3.54. The molecule has 0 radical (unpaired) electrons. The van der Waals surface area contributed by atoms with Crippen LogP contribution in [-0.4, -0.2) is 24.4 Å². The average molecular weight is 289 g/mol. The van der Waals surface area contributed by atoms with Gasteiger partial charge in [-0.15, -0.1) is 0 Å². The maximum absolute atomic E-state index is 11.9. The average Bonchev–Trinajstić information content (AvgIpc) is 2.46. The lowest BCUT2D eigenvalue weighted by Crippen LogP contribution is -2.35. The van der Waals surface area contributed by atoms with E-state index in [9.17, 15) is 4.79 Å². The molecule has 0 aliphatic rings. The maximum atomic E-state index is 11.9. The van der Waals surface area contributed by atoms with Gasteiger partial charge in [-0.2, -0.15) is 5.10 Å². The zero-order valence-electron chi connectivity index (χ0n) is 12.6. The normalized spacial score (nSPS) is 11.3. The molecule has 1 aromatic carbocycles. The molecule has 0 unspecified atom stereocenters. The molecule has 0 bridgehead atoms. The summed E-state index contributed by atoms with van der Waals surface area (Å²) in [6.07, 6.45) is 0. The number of methoxy groups -OCH3 is 2. The fourth-order valence-corrected chi connectivity index (χ4v) is 2.03. The van der Waals surface area contributed by atoms with Gasteiger partial charge in [-0.25, -0.2) is 5.10 Å². The minimum absolute atomic E-state index is 0.293. The zero-order valence-corrected chi connectivity index (χ0v) is 12.6. The highest BCUT2D eigenvalue weighted by Crippen LogP contribution is 2.32. The molecule has 6 nitrogen and oxygen atoms in total. The van der Waals surface area contributed by atoms with Crippen LogP contribution in [0.4, 0.5) is 0 Å².